The van der Waals surface area contributed by atoms with Crippen LogP contribution in [0.3, 0.4) is 0 Å². The minimum atomic E-state index is -0.415. The van der Waals surface area contributed by atoms with Crippen molar-refractivity contribution in [2.24, 2.45) is 0 Å². The van der Waals surface area contributed by atoms with Crippen LogP contribution in [0.4, 0.5) is 0 Å². The van der Waals surface area contributed by atoms with E-state index in [1.165, 1.54) is 7.11 Å². The summed E-state index contributed by atoms with van der Waals surface area (Å²) in [4.78, 5) is 19.5. The minimum Gasteiger partial charge on any atom is -0.493 e. The van der Waals surface area contributed by atoms with Crippen LogP contribution < -0.4 is 9.47 Å². The van der Waals surface area contributed by atoms with Crippen LogP contribution in [0, 0.1) is 0 Å². The predicted octanol–water partition coefficient (Wildman–Crippen LogP) is 4.09. The lowest BCUT2D eigenvalue weighted by molar-refractivity contribution is 0.0603. The SMILES string of the molecule is C=CCOc1cc(/C=C/c2nc3c(C(=O)OC)cccc3[nH]2)ccc1OC. The second-order valence-corrected chi connectivity index (χ2v) is 5.66. The van der Waals surface area contributed by atoms with Gasteiger partial charge in [0, 0.05) is 0 Å². The zero-order valence-electron chi connectivity index (χ0n) is 15.2. The van der Waals surface area contributed by atoms with Crippen molar-refractivity contribution in [1.82, 2.24) is 9.97 Å². The maximum Gasteiger partial charge on any atom is 0.340 e. The molecule has 0 radical (unpaired) electrons. The number of aromatic nitrogens is 2. The minimum absolute atomic E-state index is 0.392. The summed E-state index contributed by atoms with van der Waals surface area (Å²) in [7, 11) is 2.95. The van der Waals surface area contributed by atoms with Gasteiger partial charge in [-0.15, -0.1) is 0 Å². The number of benzene rings is 2. The Morgan fingerprint density at radius 3 is 2.78 bits per heavy atom. The average molecular weight is 364 g/mol. The summed E-state index contributed by atoms with van der Waals surface area (Å²) in [5, 5.41) is 0. The number of imidazole rings is 1. The van der Waals surface area contributed by atoms with Gasteiger partial charge in [0.25, 0.3) is 0 Å². The fraction of sp³-hybridized carbons (Fsp3) is 0.143. The number of ether oxygens (including phenoxy) is 3. The third-order valence-corrected chi connectivity index (χ3v) is 3.91. The van der Waals surface area contributed by atoms with Gasteiger partial charge in [-0.25, -0.2) is 9.78 Å². The number of hydrogen-bond donors (Lipinski definition) is 1. The number of rotatable bonds is 7. The van der Waals surface area contributed by atoms with Gasteiger partial charge in [0.15, 0.2) is 11.5 Å². The molecule has 0 unspecified atom stereocenters. The van der Waals surface area contributed by atoms with Gasteiger partial charge in [0.1, 0.15) is 17.9 Å². The topological polar surface area (TPSA) is 73.4 Å². The summed E-state index contributed by atoms with van der Waals surface area (Å²) in [5.41, 5.74) is 2.69. The maximum absolute atomic E-state index is 11.9. The molecule has 0 aliphatic heterocycles. The summed E-state index contributed by atoms with van der Waals surface area (Å²) < 4.78 is 15.7. The number of methoxy groups -OCH3 is 2. The van der Waals surface area contributed by atoms with Crippen LogP contribution in [-0.4, -0.2) is 36.8 Å². The highest BCUT2D eigenvalue weighted by Gasteiger charge is 2.13. The molecule has 0 aliphatic rings. The van der Waals surface area contributed by atoms with E-state index >= 15 is 0 Å². The highest BCUT2D eigenvalue weighted by atomic mass is 16.5. The van der Waals surface area contributed by atoms with Crippen LogP contribution in [0.1, 0.15) is 21.7 Å². The van der Waals surface area contributed by atoms with E-state index in [0.717, 1.165) is 11.1 Å². The van der Waals surface area contributed by atoms with Crippen LogP contribution in [0.25, 0.3) is 23.2 Å². The molecule has 1 aromatic heterocycles. The van der Waals surface area contributed by atoms with Gasteiger partial charge >= 0.3 is 5.97 Å². The number of aromatic amines is 1. The monoisotopic (exact) mass is 364 g/mol. The molecule has 3 aromatic rings. The lowest BCUT2D eigenvalue weighted by Crippen LogP contribution is -2.01. The van der Waals surface area contributed by atoms with Gasteiger partial charge in [-0.3, -0.25) is 0 Å². The first-order valence-corrected chi connectivity index (χ1v) is 8.33. The Balaban J connectivity index is 1.89. The first-order chi connectivity index (χ1) is 13.2. The van der Waals surface area contributed by atoms with Crippen molar-refractivity contribution in [3.8, 4) is 11.5 Å². The normalized spacial score (nSPS) is 10.9. The van der Waals surface area contributed by atoms with Gasteiger partial charge in [-0.05, 0) is 35.9 Å². The molecular formula is C21H20N2O4. The number of esters is 1. The van der Waals surface area contributed by atoms with E-state index in [0.29, 0.717) is 35.0 Å². The van der Waals surface area contributed by atoms with E-state index in [9.17, 15) is 4.79 Å². The summed E-state index contributed by atoms with van der Waals surface area (Å²) in [6, 6.07) is 11.0. The van der Waals surface area contributed by atoms with Gasteiger partial charge in [-0.1, -0.05) is 30.9 Å². The molecule has 0 amide bonds. The number of H-pyrrole nitrogens is 1. The van der Waals surface area contributed by atoms with Crippen LogP contribution in [0.2, 0.25) is 0 Å². The second kappa shape index (κ2) is 8.23. The number of carbonyl (C=O) groups is 1. The average Bonchev–Trinajstić information content (AvgIpc) is 3.13. The molecule has 0 saturated carbocycles. The molecule has 0 saturated heterocycles. The Hall–Kier alpha value is -3.54. The fourth-order valence-corrected chi connectivity index (χ4v) is 2.64. The van der Waals surface area contributed by atoms with E-state index in [1.54, 1.807) is 25.3 Å². The van der Waals surface area contributed by atoms with Gasteiger partial charge < -0.3 is 19.2 Å². The van der Waals surface area contributed by atoms with Gasteiger partial charge in [0.05, 0.1) is 25.3 Å². The molecule has 2 aromatic carbocycles. The van der Waals surface area contributed by atoms with E-state index in [2.05, 4.69) is 16.5 Å². The lowest BCUT2D eigenvalue weighted by Gasteiger charge is -2.09. The van der Waals surface area contributed by atoms with Crippen molar-refractivity contribution in [3.05, 3.63) is 66.0 Å². The second-order valence-electron chi connectivity index (χ2n) is 5.66. The molecule has 27 heavy (non-hydrogen) atoms. The largest absolute Gasteiger partial charge is 0.493 e. The predicted molar refractivity (Wildman–Crippen MR) is 105 cm³/mol. The molecule has 6 heteroatoms. The molecule has 6 nitrogen and oxygen atoms in total. The van der Waals surface area contributed by atoms with Crippen molar-refractivity contribution in [1.29, 1.82) is 0 Å². The van der Waals surface area contributed by atoms with Crippen molar-refractivity contribution < 1.29 is 19.0 Å². The quantitative estimate of drug-likeness (QED) is 0.505. The third-order valence-electron chi connectivity index (χ3n) is 3.91. The molecule has 138 valence electrons. The first-order valence-electron chi connectivity index (χ1n) is 8.33. The molecular weight excluding hydrogens is 344 g/mol. The molecule has 0 aliphatic carbocycles. The number of carbonyl (C=O) groups excluding carboxylic acids is 1. The number of nitrogens with zero attached hydrogens (tertiary/aromatic N) is 1. The van der Waals surface area contributed by atoms with Crippen molar-refractivity contribution in [2.45, 2.75) is 0 Å². The Morgan fingerprint density at radius 2 is 2.04 bits per heavy atom. The summed E-state index contributed by atoms with van der Waals surface area (Å²) in [6.07, 6.45) is 5.41. The van der Waals surface area contributed by atoms with Crippen LogP contribution >= 0.6 is 0 Å². The number of para-hydroxylation sites is 1. The van der Waals surface area contributed by atoms with Crippen LogP contribution in [0.15, 0.2) is 49.1 Å². The van der Waals surface area contributed by atoms with Gasteiger partial charge in [-0.2, -0.15) is 0 Å². The molecule has 0 spiro atoms. The third kappa shape index (κ3) is 4.00. The molecule has 1 heterocycles. The zero-order valence-corrected chi connectivity index (χ0v) is 15.2. The molecule has 3 rings (SSSR count). The molecule has 0 bridgehead atoms. The van der Waals surface area contributed by atoms with Crippen molar-refractivity contribution in [2.75, 3.05) is 20.8 Å². The summed E-state index contributed by atoms with van der Waals surface area (Å²) >= 11 is 0. The van der Waals surface area contributed by atoms with Gasteiger partial charge in [0.2, 0.25) is 0 Å². The standard InChI is InChI=1S/C21H20N2O4/c1-4-12-27-18-13-14(8-10-17(18)25-2)9-11-19-22-16-7-5-6-15(20(16)23-19)21(24)26-3/h4-11,13H,1,12H2,2-3H3,(H,22,23)/b11-9+. The zero-order chi connectivity index (χ0) is 19.2. The number of nitrogens with one attached hydrogen (secondary N) is 1. The molecule has 0 fully saturated rings. The summed E-state index contributed by atoms with van der Waals surface area (Å²) in [5.74, 6) is 1.50. The lowest BCUT2D eigenvalue weighted by atomic mass is 10.2. The van der Waals surface area contributed by atoms with E-state index in [4.69, 9.17) is 14.2 Å². The Labute approximate surface area is 157 Å². The number of fused-ring (bicyclic) bond motifs is 1. The Bertz CT molecular complexity index is 1000. The van der Waals surface area contributed by atoms with Crippen molar-refractivity contribution in [3.63, 3.8) is 0 Å². The van der Waals surface area contributed by atoms with E-state index in [1.807, 2.05) is 36.4 Å². The molecule has 1 N–H and O–H groups in total. The van der Waals surface area contributed by atoms with Crippen molar-refractivity contribution >= 4 is 29.2 Å². The summed E-state index contributed by atoms with van der Waals surface area (Å²) in [6.45, 7) is 4.04. The fourth-order valence-electron chi connectivity index (χ4n) is 2.64. The van der Waals surface area contributed by atoms with E-state index in [-0.39, 0.29) is 0 Å². The first kappa shape index (κ1) is 18.3. The smallest absolute Gasteiger partial charge is 0.340 e. The Morgan fingerprint density at radius 1 is 1.19 bits per heavy atom. The van der Waals surface area contributed by atoms with E-state index < -0.39 is 5.97 Å². The highest BCUT2D eigenvalue weighted by molar-refractivity contribution is 6.02. The van der Waals surface area contributed by atoms with Crippen LogP contribution in [-0.2, 0) is 4.74 Å². The molecule has 0 atom stereocenters. The number of hydrogen-bond acceptors (Lipinski definition) is 5. The maximum atomic E-state index is 11.9. The highest BCUT2D eigenvalue weighted by Crippen LogP contribution is 2.29. The van der Waals surface area contributed by atoms with Crippen LogP contribution in [0.5, 0.6) is 11.5 Å². The Kier molecular flexibility index (Phi) is 5.56.